The number of nitrogens with one attached hydrogen (secondary N) is 1. The highest BCUT2D eigenvalue weighted by Gasteiger charge is 2.26. The first-order valence-electron chi connectivity index (χ1n) is 5.46. The Morgan fingerprint density at radius 1 is 1.00 bits per heavy atom. The lowest BCUT2D eigenvalue weighted by Crippen LogP contribution is -2.19. The molecule has 0 radical (unpaired) electrons. The molecule has 88 valence electrons. The predicted molar refractivity (Wildman–Crippen MR) is 71.1 cm³/mol. The van der Waals surface area contributed by atoms with E-state index in [0.717, 1.165) is 5.69 Å². The summed E-state index contributed by atoms with van der Waals surface area (Å²) in [6.07, 6.45) is 1.37. The van der Waals surface area contributed by atoms with Gasteiger partial charge in [0.25, 0.3) is 0 Å². The molecule has 1 heterocycles. The predicted octanol–water partition coefficient (Wildman–Crippen LogP) is 3.12. The summed E-state index contributed by atoms with van der Waals surface area (Å²) in [4.78, 5) is 24.5. The Balaban J connectivity index is 1.95. The molecule has 0 saturated heterocycles. The van der Waals surface area contributed by atoms with E-state index in [0.29, 0.717) is 16.1 Å². The molecule has 3 nitrogen and oxygen atoms in total. The lowest BCUT2D eigenvalue weighted by atomic mass is 10.0. The second-order valence-electron chi connectivity index (χ2n) is 3.91. The number of para-hydroxylation sites is 1. The molecule has 1 aliphatic carbocycles. The molecule has 1 N–H and O–H groups in total. The van der Waals surface area contributed by atoms with Crippen molar-refractivity contribution in [3.63, 3.8) is 0 Å². The molecular weight excluding hydrogens is 246 g/mol. The summed E-state index contributed by atoms with van der Waals surface area (Å²) in [7, 11) is 0. The van der Waals surface area contributed by atoms with E-state index in [9.17, 15) is 9.59 Å². The monoisotopic (exact) mass is 255 g/mol. The number of Topliss-reactive ketones (excluding diaryl/α,β-unsaturated/α-hetero) is 1. The van der Waals surface area contributed by atoms with E-state index < -0.39 is 0 Å². The van der Waals surface area contributed by atoms with Crippen LogP contribution in [0.3, 0.4) is 0 Å². The number of rotatable bonds is 2. The van der Waals surface area contributed by atoms with Gasteiger partial charge in [-0.3, -0.25) is 9.59 Å². The molecule has 0 atom stereocenters. The molecule has 1 aliphatic rings. The number of benzene rings is 1. The molecule has 18 heavy (non-hydrogen) atoms. The third kappa shape index (κ3) is 1.76. The lowest BCUT2D eigenvalue weighted by Gasteiger charge is -2.13. The van der Waals surface area contributed by atoms with Crippen LogP contribution < -0.4 is 5.32 Å². The molecule has 0 saturated carbocycles. The van der Waals surface area contributed by atoms with E-state index in [1.807, 2.05) is 30.3 Å². The summed E-state index contributed by atoms with van der Waals surface area (Å²) in [5, 5.41) is 4.75. The molecule has 1 aromatic heterocycles. The molecule has 3 rings (SSSR count). The van der Waals surface area contributed by atoms with Crippen molar-refractivity contribution in [3.8, 4) is 0 Å². The minimum Gasteiger partial charge on any atom is -0.352 e. The van der Waals surface area contributed by atoms with Gasteiger partial charge >= 0.3 is 0 Å². The summed E-state index contributed by atoms with van der Waals surface area (Å²) in [6, 6.07) is 11.0. The Kier molecular flexibility index (Phi) is 2.57. The number of anilines is 1. The quantitative estimate of drug-likeness (QED) is 0.896. The normalized spacial score (nSPS) is 14.1. The number of carbonyl (C=O) groups is 2. The van der Waals surface area contributed by atoms with Crippen LogP contribution in [0.15, 0.2) is 53.6 Å². The number of hydrogen-bond donors (Lipinski definition) is 1. The highest BCUT2D eigenvalue weighted by atomic mass is 32.1. The molecular formula is C14H9NO2S. The third-order valence-electron chi connectivity index (χ3n) is 2.71. The molecule has 0 fully saturated rings. The van der Waals surface area contributed by atoms with E-state index >= 15 is 0 Å². The summed E-state index contributed by atoms with van der Waals surface area (Å²) in [5.74, 6) is -0.243. The number of carbonyl (C=O) groups excluding carboxylic acids is 2. The Bertz CT molecular complexity index is 655. The van der Waals surface area contributed by atoms with Crippen LogP contribution in [0.1, 0.15) is 20.0 Å². The highest BCUT2D eigenvalue weighted by molar-refractivity contribution is 7.12. The summed E-state index contributed by atoms with van der Waals surface area (Å²) < 4.78 is 0. The Labute approximate surface area is 108 Å². The topological polar surface area (TPSA) is 46.2 Å². The van der Waals surface area contributed by atoms with E-state index in [1.165, 1.54) is 17.4 Å². The molecule has 4 heteroatoms. The maximum absolute atomic E-state index is 12.2. The third-order valence-corrected chi connectivity index (χ3v) is 3.62. The van der Waals surface area contributed by atoms with Crippen molar-refractivity contribution in [2.75, 3.05) is 5.32 Å². The van der Waals surface area contributed by atoms with Crippen LogP contribution >= 0.6 is 11.3 Å². The van der Waals surface area contributed by atoms with Crippen molar-refractivity contribution in [1.29, 1.82) is 0 Å². The highest BCUT2D eigenvalue weighted by Crippen LogP contribution is 2.26. The van der Waals surface area contributed by atoms with Crippen molar-refractivity contribution in [3.05, 3.63) is 64.0 Å². The maximum Gasteiger partial charge on any atom is 0.219 e. The van der Waals surface area contributed by atoms with Gasteiger partial charge in [-0.2, -0.15) is 0 Å². The van der Waals surface area contributed by atoms with Gasteiger partial charge < -0.3 is 5.32 Å². The summed E-state index contributed by atoms with van der Waals surface area (Å²) in [6.45, 7) is 0. The largest absolute Gasteiger partial charge is 0.352 e. The van der Waals surface area contributed by atoms with Gasteiger partial charge in [-0.05, 0) is 23.6 Å². The number of thiophene rings is 1. The van der Waals surface area contributed by atoms with Crippen LogP contribution in [0.2, 0.25) is 0 Å². The smallest absolute Gasteiger partial charge is 0.219 e. The van der Waals surface area contributed by atoms with E-state index in [2.05, 4.69) is 5.32 Å². The van der Waals surface area contributed by atoms with Crippen LogP contribution in [0, 0.1) is 0 Å². The van der Waals surface area contributed by atoms with Gasteiger partial charge in [0.2, 0.25) is 5.78 Å². The van der Waals surface area contributed by atoms with Crippen molar-refractivity contribution in [2.24, 2.45) is 0 Å². The van der Waals surface area contributed by atoms with Gasteiger partial charge in [-0.1, -0.05) is 18.2 Å². The molecule has 0 spiro atoms. The average Bonchev–Trinajstić information content (AvgIpc) is 2.87. The number of allylic oxidation sites excluding steroid dienone is 2. The fourth-order valence-corrected chi connectivity index (χ4v) is 2.70. The zero-order valence-electron chi connectivity index (χ0n) is 9.34. The van der Waals surface area contributed by atoms with Crippen LogP contribution in [0.5, 0.6) is 0 Å². The Morgan fingerprint density at radius 3 is 2.56 bits per heavy atom. The fourth-order valence-electron chi connectivity index (χ4n) is 1.85. The van der Waals surface area contributed by atoms with E-state index in [4.69, 9.17) is 0 Å². The van der Waals surface area contributed by atoms with Crippen molar-refractivity contribution < 1.29 is 9.59 Å². The first-order valence-corrected chi connectivity index (χ1v) is 6.34. The first kappa shape index (κ1) is 10.9. The number of fused-ring (bicyclic) bond motifs is 1. The van der Waals surface area contributed by atoms with Crippen LogP contribution in [0.25, 0.3) is 0 Å². The number of hydrogen-bond acceptors (Lipinski definition) is 4. The number of ketones is 2. The SMILES string of the molecule is O=C1C=C(Nc2ccccc2)C(=O)c2sccc21. The molecule has 0 unspecified atom stereocenters. The van der Waals surface area contributed by atoms with E-state index in [1.54, 1.807) is 11.4 Å². The second-order valence-corrected chi connectivity index (χ2v) is 4.82. The summed E-state index contributed by atoms with van der Waals surface area (Å²) in [5.41, 5.74) is 1.63. The van der Waals surface area contributed by atoms with E-state index in [-0.39, 0.29) is 11.6 Å². The second kappa shape index (κ2) is 4.23. The fraction of sp³-hybridized carbons (Fsp3) is 0. The Morgan fingerprint density at radius 2 is 1.78 bits per heavy atom. The lowest BCUT2D eigenvalue weighted by molar-refractivity contribution is 0.0989. The van der Waals surface area contributed by atoms with Gasteiger partial charge in [0.1, 0.15) is 0 Å². The van der Waals surface area contributed by atoms with Crippen LogP contribution in [0.4, 0.5) is 5.69 Å². The summed E-state index contributed by atoms with van der Waals surface area (Å²) >= 11 is 1.30. The van der Waals surface area contributed by atoms with Crippen molar-refractivity contribution in [2.45, 2.75) is 0 Å². The molecule has 2 aromatic rings. The molecule has 0 amide bonds. The van der Waals surface area contributed by atoms with Gasteiger partial charge in [0, 0.05) is 17.3 Å². The van der Waals surface area contributed by atoms with Gasteiger partial charge in [-0.25, -0.2) is 0 Å². The van der Waals surface area contributed by atoms with Crippen LogP contribution in [-0.2, 0) is 0 Å². The Hall–Kier alpha value is -2.20. The molecule has 0 bridgehead atoms. The van der Waals surface area contributed by atoms with Gasteiger partial charge in [0.05, 0.1) is 10.6 Å². The zero-order valence-corrected chi connectivity index (χ0v) is 10.2. The molecule has 0 aliphatic heterocycles. The molecule has 1 aromatic carbocycles. The van der Waals surface area contributed by atoms with Gasteiger partial charge in [-0.15, -0.1) is 11.3 Å². The van der Waals surface area contributed by atoms with Crippen molar-refractivity contribution >= 4 is 28.6 Å². The van der Waals surface area contributed by atoms with Gasteiger partial charge in [0.15, 0.2) is 5.78 Å². The van der Waals surface area contributed by atoms with Crippen LogP contribution in [-0.4, -0.2) is 11.6 Å². The standard InChI is InChI=1S/C14H9NO2S/c16-12-8-11(15-9-4-2-1-3-5-9)13(17)14-10(12)6-7-18-14/h1-8,15H. The maximum atomic E-state index is 12.2. The zero-order chi connectivity index (χ0) is 12.5. The first-order chi connectivity index (χ1) is 8.75. The average molecular weight is 255 g/mol. The van der Waals surface area contributed by atoms with Crippen molar-refractivity contribution in [1.82, 2.24) is 0 Å². The minimum atomic E-state index is -0.122. The minimum absolute atomic E-state index is 0.121.